The second kappa shape index (κ2) is 5.59. The van der Waals surface area contributed by atoms with Crippen molar-refractivity contribution < 1.29 is 14.5 Å². The molecule has 0 aromatic heterocycles. The average molecular weight is 250 g/mol. The number of benzene rings is 1. The first-order valence-electron chi connectivity index (χ1n) is 5.81. The highest BCUT2D eigenvalue weighted by Crippen LogP contribution is 2.14. The molecule has 0 spiro atoms. The summed E-state index contributed by atoms with van der Waals surface area (Å²) in [6.07, 6.45) is 2.01. The smallest absolute Gasteiger partial charge is 0.270 e. The van der Waals surface area contributed by atoms with Gasteiger partial charge < -0.3 is 10.1 Å². The molecule has 0 saturated carbocycles. The van der Waals surface area contributed by atoms with Crippen molar-refractivity contribution in [3.05, 3.63) is 39.9 Å². The van der Waals surface area contributed by atoms with Crippen LogP contribution in [-0.2, 0) is 4.74 Å². The van der Waals surface area contributed by atoms with Gasteiger partial charge in [-0.2, -0.15) is 0 Å². The van der Waals surface area contributed by atoms with Gasteiger partial charge in [0.05, 0.1) is 11.0 Å². The van der Waals surface area contributed by atoms with Gasteiger partial charge in [0.25, 0.3) is 11.6 Å². The maximum absolute atomic E-state index is 11.8. The number of hydrogen-bond donors (Lipinski definition) is 1. The predicted octanol–water partition coefficient (Wildman–Crippen LogP) is 1.50. The van der Waals surface area contributed by atoms with Crippen LogP contribution in [0.3, 0.4) is 0 Å². The minimum absolute atomic E-state index is 0.0626. The Morgan fingerprint density at radius 2 is 2.39 bits per heavy atom. The van der Waals surface area contributed by atoms with E-state index in [-0.39, 0.29) is 17.7 Å². The first-order chi connectivity index (χ1) is 8.66. The van der Waals surface area contributed by atoms with Gasteiger partial charge in [-0.15, -0.1) is 0 Å². The first-order valence-corrected chi connectivity index (χ1v) is 5.81. The number of ether oxygens (including phenoxy) is 1. The van der Waals surface area contributed by atoms with E-state index < -0.39 is 4.92 Å². The molecule has 1 aromatic rings. The zero-order chi connectivity index (χ0) is 13.0. The summed E-state index contributed by atoms with van der Waals surface area (Å²) >= 11 is 0. The van der Waals surface area contributed by atoms with Gasteiger partial charge in [0.2, 0.25) is 0 Å². The summed E-state index contributed by atoms with van der Waals surface area (Å²) in [6, 6.07) is 5.68. The third-order valence-electron chi connectivity index (χ3n) is 2.83. The van der Waals surface area contributed by atoms with Crippen molar-refractivity contribution in [1.82, 2.24) is 5.32 Å². The van der Waals surface area contributed by atoms with Gasteiger partial charge in [0.1, 0.15) is 0 Å². The molecular formula is C12H14N2O4. The monoisotopic (exact) mass is 250 g/mol. The summed E-state index contributed by atoms with van der Waals surface area (Å²) in [7, 11) is 0. The molecule has 6 nitrogen and oxygen atoms in total. The van der Waals surface area contributed by atoms with Gasteiger partial charge in [0, 0.05) is 30.8 Å². The normalized spacial score (nSPS) is 18.6. The maximum atomic E-state index is 11.8. The van der Waals surface area contributed by atoms with Crippen LogP contribution in [0, 0.1) is 10.1 Å². The molecule has 96 valence electrons. The molecule has 0 aliphatic carbocycles. The number of nitrogens with zero attached hydrogens (tertiary/aromatic N) is 1. The topological polar surface area (TPSA) is 81.5 Å². The van der Waals surface area contributed by atoms with Crippen LogP contribution in [0.25, 0.3) is 0 Å². The van der Waals surface area contributed by atoms with Crippen LogP contribution >= 0.6 is 0 Å². The third-order valence-corrected chi connectivity index (χ3v) is 2.83. The van der Waals surface area contributed by atoms with Crippen molar-refractivity contribution >= 4 is 11.6 Å². The zero-order valence-electron chi connectivity index (χ0n) is 9.80. The summed E-state index contributed by atoms with van der Waals surface area (Å²) in [6.45, 7) is 1.18. The number of nitro benzene ring substituents is 1. The van der Waals surface area contributed by atoms with E-state index in [1.54, 1.807) is 6.07 Å². The number of rotatable bonds is 4. The number of hydrogen-bond acceptors (Lipinski definition) is 4. The molecule has 1 saturated heterocycles. The van der Waals surface area contributed by atoms with Gasteiger partial charge in [-0.3, -0.25) is 14.9 Å². The van der Waals surface area contributed by atoms with Crippen LogP contribution in [0.1, 0.15) is 23.2 Å². The molecule has 1 N–H and O–H groups in total. The summed E-state index contributed by atoms with van der Waals surface area (Å²) in [5.74, 6) is -0.311. The van der Waals surface area contributed by atoms with E-state index in [0.717, 1.165) is 19.4 Å². The van der Waals surface area contributed by atoms with E-state index in [0.29, 0.717) is 12.1 Å². The van der Waals surface area contributed by atoms with Gasteiger partial charge in [-0.1, -0.05) is 6.07 Å². The Morgan fingerprint density at radius 3 is 3.06 bits per heavy atom. The van der Waals surface area contributed by atoms with Crippen molar-refractivity contribution in [2.45, 2.75) is 18.9 Å². The number of non-ortho nitro benzene ring substituents is 1. The standard InChI is InChI=1S/C12H14N2O4/c15-12(13-8-11-5-2-6-18-11)9-3-1-4-10(7-9)14(16)17/h1,3-4,7,11H,2,5-6,8H2,(H,13,15)/t11-/m1/s1. The van der Waals surface area contributed by atoms with Crippen LogP contribution < -0.4 is 5.32 Å². The molecule has 1 heterocycles. The Labute approximate surface area is 104 Å². The van der Waals surface area contributed by atoms with Crippen LogP contribution in [-0.4, -0.2) is 30.1 Å². The molecule has 1 aromatic carbocycles. The molecule has 1 aliphatic rings. The lowest BCUT2D eigenvalue weighted by atomic mass is 10.2. The van der Waals surface area contributed by atoms with Gasteiger partial charge in [-0.05, 0) is 18.9 Å². The number of amides is 1. The Kier molecular flexibility index (Phi) is 3.88. The molecule has 1 atom stereocenters. The Hall–Kier alpha value is -1.95. The minimum atomic E-state index is -0.517. The summed E-state index contributed by atoms with van der Waals surface area (Å²) in [5, 5.41) is 13.3. The highest BCUT2D eigenvalue weighted by Gasteiger charge is 2.17. The molecule has 1 aliphatic heterocycles. The van der Waals surface area contributed by atoms with Crippen LogP contribution in [0.2, 0.25) is 0 Å². The number of nitro groups is 1. The number of carbonyl (C=O) groups is 1. The fourth-order valence-corrected chi connectivity index (χ4v) is 1.87. The van der Waals surface area contributed by atoms with E-state index in [4.69, 9.17) is 4.74 Å². The predicted molar refractivity (Wildman–Crippen MR) is 64.4 cm³/mol. The van der Waals surface area contributed by atoms with Gasteiger partial charge in [0.15, 0.2) is 0 Å². The molecule has 0 radical (unpaired) electrons. The molecule has 0 unspecified atom stereocenters. The van der Waals surface area contributed by atoms with E-state index in [9.17, 15) is 14.9 Å². The second-order valence-corrected chi connectivity index (χ2v) is 4.15. The first kappa shape index (κ1) is 12.5. The molecule has 1 amide bonds. The fraction of sp³-hybridized carbons (Fsp3) is 0.417. The summed E-state index contributed by atoms with van der Waals surface area (Å²) in [4.78, 5) is 21.9. The molecule has 0 bridgehead atoms. The Bertz CT molecular complexity index is 455. The third kappa shape index (κ3) is 3.04. The zero-order valence-corrected chi connectivity index (χ0v) is 9.80. The lowest BCUT2D eigenvalue weighted by Crippen LogP contribution is -2.31. The lowest BCUT2D eigenvalue weighted by molar-refractivity contribution is -0.384. The van der Waals surface area contributed by atoms with Gasteiger partial charge >= 0.3 is 0 Å². The van der Waals surface area contributed by atoms with E-state index in [2.05, 4.69) is 5.32 Å². The Morgan fingerprint density at radius 1 is 1.56 bits per heavy atom. The quantitative estimate of drug-likeness (QED) is 0.648. The summed E-state index contributed by atoms with van der Waals surface area (Å²) in [5.41, 5.74) is 0.210. The van der Waals surface area contributed by atoms with Gasteiger partial charge in [-0.25, -0.2) is 0 Å². The summed E-state index contributed by atoms with van der Waals surface area (Å²) < 4.78 is 5.38. The van der Waals surface area contributed by atoms with Crippen molar-refractivity contribution in [1.29, 1.82) is 0 Å². The Balaban J connectivity index is 1.95. The molecule has 6 heteroatoms. The van der Waals surface area contributed by atoms with E-state index in [1.165, 1.54) is 18.2 Å². The van der Waals surface area contributed by atoms with Crippen LogP contribution in [0.4, 0.5) is 5.69 Å². The molecule has 2 rings (SSSR count). The molecule has 1 fully saturated rings. The van der Waals surface area contributed by atoms with E-state index >= 15 is 0 Å². The fourth-order valence-electron chi connectivity index (χ4n) is 1.87. The minimum Gasteiger partial charge on any atom is -0.376 e. The van der Waals surface area contributed by atoms with Crippen LogP contribution in [0.5, 0.6) is 0 Å². The highest BCUT2D eigenvalue weighted by molar-refractivity contribution is 5.94. The highest BCUT2D eigenvalue weighted by atomic mass is 16.6. The SMILES string of the molecule is O=C(NC[C@H]1CCCO1)c1cccc([N+](=O)[O-])c1. The van der Waals surface area contributed by atoms with Crippen molar-refractivity contribution in [2.24, 2.45) is 0 Å². The van der Waals surface area contributed by atoms with Crippen molar-refractivity contribution in [2.75, 3.05) is 13.2 Å². The number of nitrogens with one attached hydrogen (secondary N) is 1. The lowest BCUT2D eigenvalue weighted by Gasteiger charge is -2.10. The van der Waals surface area contributed by atoms with Crippen molar-refractivity contribution in [3.8, 4) is 0 Å². The largest absolute Gasteiger partial charge is 0.376 e. The molecular weight excluding hydrogens is 236 g/mol. The average Bonchev–Trinajstić information content (AvgIpc) is 2.89. The van der Waals surface area contributed by atoms with E-state index in [1.807, 2.05) is 0 Å². The molecule has 18 heavy (non-hydrogen) atoms. The van der Waals surface area contributed by atoms with Crippen molar-refractivity contribution in [3.63, 3.8) is 0 Å². The second-order valence-electron chi connectivity index (χ2n) is 4.15. The number of carbonyl (C=O) groups excluding carboxylic acids is 1. The van der Waals surface area contributed by atoms with Crippen LogP contribution in [0.15, 0.2) is 24.3 Å². The maximum Gasteiger partial charge on any atom is 0.270 e.